The highest BCUT2D eigenvalue weighted by atomic mass is 32.2. The van der Waals surface area contributed by atoms with Gasteiger partial charge in [0.15, 0.2) is 11.6 Å². The number of carbonyl (C=O) groups excluding carboxylic acids is 2. The van der Waals surface area contributed by atoms with Crippen molar-refractivity contribution in [2.75, 3.05) is 21.7 Å². The first-order valence-electron chi connectivity index (χ1n) is 11.4. The van der Waals surface area contributed by atoms with Crippen LogP contribution >= 0.6 is 11.8 Å². The number of halogens is 2. The van der Waals surface area contributed by atoms with Crippen molar-refractivity contribution >= 4 is 40.8 Å². The minimum Gasteiger partial charge on any atom is -0.453 e. The third-order valence-electron chi connectivity index (χ3n) is 6.03. The van der Waals surface area contributed by atoms with Gasteiger partial charge in [0.25, 0.3) is 0 Å². The summed E-state index contributed by atoms with van der Waals surface area (Å²) in [6.45, 7) is 4.14. The van der Waals surface area contributed by atoms with E-state index in [4.69, 9.17) is 4.74 Å². The summed E-state index contributed by atoms with van der Waals surface area (Å²) in [6.07, 6.45) is 2.33. The molecule has 2 heterocycles. The summed E-state index contributed by atoms with van der Waals surface area (Å²) >= 11 is 1.59. The van der Waals surface area contributed by atoms with Gasteiger partial charge in [-0.15, -0.1) is 11.8 Å². The van der Waals surface area contributed by atoms with Crippen LogP contribution < -0.4 is 20.7 Å². The van der Waals surface area contributed by atoms with Gasteiger partial charge in [-0.1, -0.05) is 0 Å². The van der Waals surface area contributed by atoms with Gasteiger partial charge in [0, 0.05) is 41.0 Å². The van der Waals surface area contributed by atoms with E-state index in [1.807, 2.05) is 0 Å². The third kappa shape index (κ3) is 4.86. The number of nitrogens with one attached hydrogen (secondary N) is 3. The molecule has 5 rings (SSSR count). The molecule has 1 fully saturated rings. The molecule has 2 aromatic carbocycles. The summed E-state index contributed by atoms with van der Waals surface area (Å²) in [7, 11) is 0. The van der Waals surface area contributed by atoms with Gasteiger partial charge < -0.3 is 20.7 Å². The monoisotopic (exact) mass is 510 g/mol. The Balaban J connectivity index is 1.26. The van der Waals surface area contributed by atoms with Crippen molar-refractivity contribution in [3.8, 4) is 11.5 Å². The number of nitrogens with zero attached hydrogens (tertiary/aromatic N) is 1. The number of fused-ring (bicyclic) bond motifs is 1. The highest BCUT2D eigenvalue weighted by Crippen LogP contribution is 2.48. The zero-order valence-corrected chi connectivity index (χ0v) is 20.5. The van der Waals surface area contributed by atoms with Gasteiger partial charge in [-0.25, -0.2) is 13.8 Å². The number of aromatic nitrogens is 1. The van der Waals surface area contributed by atoms with E-state index >= 15 is 0 Å². The van der Waals surface area contributed by atoms with Crippen LogP contribution in [0.2, 0.25) is 0 Å². The molecule has 186 valence electrons. The number of pyridine rings is 1. The fraction of sp³-hybridized carbons (Fsp3) is 0.269. The lowest BCUT2D eigenvalue weighted by Gasteiger charge is -2.32. The van der Waals surface area contributed by atoms with E-state index in [0.717, 1.165) is 16.7 Å². The Morgan fingerprint density at radius 2 is 1.64 bits per heavy atom. The summed E-state index contributed by atoms with van der Waals surface area (Å²) in [6, 6.07) is 11.1. The second-order valence-electron chi connectivity index (χ2n) is 9.53. The lowest BCUT2D eigenvalue weighted by atomic mass is 10.0. The predicted molar refractivity (Wildman–Crippen MR) is 134 cm³/mol. The van der Waals surface area contributed by atoms with E-state index < -0.39 is 28.9 Å². The molecule has 36 heavy (non-hydrogen) atoms. The molecule has 1 aliphatic carbocycles. The Morgan fingerprint density at radius 1 is 0.972 bits per heavy atom. The van der Waals surface area contributed by atoms with Crippen molar-refractivity contribution < 1.29 is 23.1 Å². The number of hydrogen-bond acceptors (Lipinski definition) is 6. The van der Waals surface area contributed by atoms with Crippen molar-refractivity contribution in [1.29, 1.82) is 0 Å². The van der Waals surface area contributed by atoms with Crippen LogP contribution in [0.1, 0.15) is 26.7 Å². The van der Waals surface area contributed by atoms with Gasteiger partial charge in [0.05, 0.1) is 4.90 Å². The molecule has 10 heteroatoms. The number of ether oxygens (including phenoxy) is 1. The molecule has 1 aliphatic heterocycles. The molecule has 3 aromatic rings. The molecule has 3 N–H and O–H groups in total. The second kappa shape index (κ2) is 9.09. The molecule has 7 nitrogen and oxygen atoms in total. The van der Waals surface area contributed by atoms with Crippen molar-refractivity contribution in [3.63, 3.8) is 0 Å². The lowest BCUT2D eigenvalue weighted by Crippen LogP contribution is -2.36. The number of rotatable bonds is 6. The number of hydrogen-bond donors (Lipinski definition) is 3. The molecule has 0 spiro atoms. The topological polar surface area (TPSA) is 92.3 Å². The maximum absolute atomic E-state index is 14.9. The Morgan fingerprint density at radius 3 is 2.31 bits per heavy atom. The van der Waals surface area contributed by atoms with Crippen LogP contribution in [0.25, 0.3) is 0 Å². The lowest BCUT2D eigenvalue weighted by molar-refractivity contribution is -0.131. The Hall–Kier alpha value is -3.66. The average molecular weight is 511 g/mol. The van der Waals surface area contributed by atoms with Crippen LogP contribution in [0, 0.1) is 17.0 Å². The minimum atomic E-state index is -1.24. The van der Waals surface area contributed by atoms with Gasteiger partial charge in [-0.3, -0.25) is 9.59 Å². The molecule has 2 amide bonds. The van der Waals surface area contributed by atoms with Gasteiger partial charge in [-0.2, -0.15) is 0 Å². The van der Waals surface area contributed by atoms with Gasteiger partial charge >= 0.3 is 0 Å². The smallest absolute Gasteiger partial charge is 0.240 e. The quantitative estimate of drug-likeness (QED) is 0.363. The number of amides is 2. The number of thioether (sulfide) groups is 1. The summed E-state index contributed by atoms with van der Waals surface area (Å²) < 4.78 is 33.9. The van der Waals surface area contributed by atoms with Crippen molar-refractivity contribution in [1.82, 2.24) is 4.98 Å². The van der Waals surface area contributed by atoms with Gasteiger partial charge in [-0.05, 0) is 63.1 Å². The molecule has 0 unspecified atom stereocenters. The highest BCUT2D eigenvalue weighted by Gasteiger charge is 2.56. The maximum Gasteiger partial charge on any atom is 0.240 e. The zero-order valence-electron chi connectivity index (χ0n) is 19.7. The van der Waals surface area contributed by atoms with E-state index in [1.165, 1.54) is 36.4 Å². The Bertz CT molecular complexity index is 1340. The fourth-order valence-electron chi connectivity index (χ4n) is 3.85. The normalized spacial score (nSPS) is 16.8. The van der Waals surface area contributed by atoms with Gasteiger partial charge in [0.2, 0.25) is 11.8 Å². The van der Waals surface area contributed by atoms with Crippen LogP contribution in [0.3, 0.4) is 0 Å². The van der Waals surface area contributed by atoms with Gasteiger partial charge in [0.1, 0.15) is 22.8 Å². The molecular formula is C26H24F2N4O3S. The summed E-state index contributed by atoms with van der Waals surface area (Å²) in [5.74, 6) is -0.122. The summed E-state index contributed by atoms with van der Waals surface area (Å²) in [5.41, 5.74) is -0.763. The van der Waals surface area contributed by atoms with Crippen molar-refractivity contribution in [3.05, 3.63) is 66.4 Å². The Labute approximate surface area is 211 Å². The highest BCUT2D eigenvalue weighted by molar-refractivity contribution is 7.99. The molecular weight excluding hydrogens is 486 g/mol. The van der Waals surface area contributed by atoms with Crippen molar-refractivity contribution in [2.24, 2.45) is 5.41 Å². The fourth-order valence-corrected chi connectivity index (χ4v) is 4.92. The molecule has 2 aliphatic rings. The molecule has 0 saturated heterocycles. The molecule has 1 saturated carbocycles. The van der Waals surface area contributed by atoms with Crippen LogP contribution in [-0.2, 0) is 9.59 Å². The third-order valence-corrected chi connectivity index (χ3v) is 7.58. The van der Waals surface area contributed by atoms with Crippen LogP contribution in [0.4, 0.5) is 26.0 Å². The van der Waals surface area contributed by atoms with E-state index in [0.29, 0.717) is 30.1 Å². The number of carbonyl (C=O) groups is 2. The largest absolute Gasteiger partial charge is 0.453 e. The van der Waals surface area contributed by atoms with Crippen LogP contribution in [0.15, 0.2) is 59.6 Å². The number of benzene rings is 2. The first-order valence-corrected chi connectivity index (χ1v) is 12.4. The predicted octanol–water partition coefficient (Wildman–Crippen LogP) is 5.81. The van der Waals surface area contributed by atoms with E-state index in [-0.39, 0.29) is 17.0 Å². The second-order valence-corrected chi connectivity index (χ2v) is 10.5. The standard InChI is InChI=1S/C26H24F2N4O3S/c1-25(2)14-36-21-20(9-12-29-22(21)32-25)35-19-8-7-17(13-18(19)28)31-24(34)26(10-11-26)23(33)30-16-5-3-15(27)4-6-16/h3-9,12-13H,10-11,14H2,1-2H3,(H,29,32)(H,30,33)(H,31,34). The van der Waals surface area contributed by atoms with E-state index in [9.17, 15) is 18.4 Å². The molecule has 0 radical (unpaired) electrons. The van der Waals surface area contributed by atoms with Crippen LogP contribution in [-0.4, -0.2) is 28.1 Å². The molecule has 0 atom stereocenters. The van der Waals surface area contributed by atoms with Crippen LogP contribution in [0.5, 0.6) is 11.5 Å². The average Bonchev–Trinajstić information content (AvgIpc) is 3.64. The molecule has 1 aromatic heterocycles. The number of anilines is 3. The summed E-state index contributed by atoms with van der Waals surface area (Å²) in [5, 5.41) is 8.63. The summed E-state index contributed by atoms with van der Waals surface area (Å²) in [4.78, 5) is 30.8. The SMILES string of the molecule is CC1(C)CSc2c(Oc3ccc(NC(=O)C4(C(=O)Nc5ccc(F)cc5)CC4)cc3F)ccnc2N1. The first-order chi connectivity index (χ1) is 17.1. The zero-order chi connectivity index (χ0) is 25.5. The van der Waals surface area contributed by atoms with E-state index in [1.54, 1.807) is 24.0 Å². The minimum absolute atomic E-state index is 0.00187. The maximum atomic E-state index is 14.9. The van der Waals surface area contributed by atoms with Crippen molar-refractivity contribution in [2.45, 2.75) is 37.1 Å². The first kappa shape index (κ1) is 24.1. The van der Waals surface area contributed by atoms with E-state index in [2.05, 4.69) is 34.8 Å². The Kier molecular flexibility index (Phi) is 6.07. The molecule has 0 bridgehead atoms.